The van der Waals surface area contributed by atoms with Crippen LogP contribution in [0.3, 0.4) is 0 Å². The molecule has 0 spiro atoms. The predicted octanol–water partition coefficient (Wildman–Crippen LogP) is 4.75. The molecular weight excluding hydrogens is 554 g/mol. The van der Waals surface area contributed by atoms with Gasteiger partial charge in [0.2, 0.25) is 0 Å². The molecule has 0 atom stereocenters. The molecule has 1 aromatic heterocycles. The van der Waals surface area contributed by atoms with Crippen molar-refractivity contribution < 1.29 is 19.4 Å². The number of carbonyl (C=O) groups is 1. The van der Waals surface area contributed by atoms with Crippen LogP contribution in [0.4, 0.5) is 5.69 Å². The quantitative estimate of drug-likeness (QED) is 0.126. The van der Waals surface area contributed by atoms with Crippen molar-refractivity contribution in [1.82, 2.24) is 15.1 Å². The topological polar surface area (TPSA) is 124 Å². The van der Waals surface area contributed by atoms with Crippen LogP contribution in [0.25, 0.3) is 22.2 Å². The third-order valence-electron chi connectivity index (χ3n) is 7.69. The Kier molecular flexibility index (Phi) is 9.17. The van der Waals surface area contributed by atoms with Gasteiger partial charge in [-0.2, -0.15) is 5.10 Å². The first-order valence-electron chi connectivity index (χ1n) is 15.0. The van der Waals surface area contributed by atoms with E-state index in [1.165, 1.54) is 0 Å². The SMILES string of the molecule is NCCCn1nc2c3c(c(NCCNCCO)ccc31)C(=O)c1c(OCc3ccccc3)ccc(OCc3ccccc3)c1-2. The number of aliphatic hydroxyl groups is 1. The number of hydrogen-bond acceptors (Lipinski definition) is 8. The first-order valence-corrected chi connectivity index (χ1v) is 15.0. The Morgan fingerprint density at radius 1 is 0.773 bits per heavy atom. The molecule has 5 N–H and O–H groups in total. The van der Waals surface area contributed by atoms with Crippen molar-refractivity contribution in [3.63, 3.8) is 0 Å². The number of benzene rings is 4. The van der Waals surface area contributed by atoms with Crippen LogP contribution in [0.15, 0.2) is 84.9 Å². The highest BCUT2D eigenvalue weighted by molar-refractivity contribution is 6.29. The van der Waals surface area contributed by atoms with Gasteiger partial charge in [-0.05, 0) is 48.4 Å². The Bertz CT molecular complexity index is 1740. The van der Waals surface area contributed by atoms with Gasteiger partial charge in [0.1, 0.15) is 30.4 Å². The van der Waals surface area contributed by atoms with E-state index in [2.05, 4.69) is 10.6 Å². The van der Waals surface area contributed by atoms with Crippen molar-refractivity contribution in [3.8, 4) is 22.8 Å². The summed E-state index contributed by atoms with van der Waals surface area (Å²) in [4.78, 5) is 14.7. The van der Waals surface area contributed by atoms with E-state index in [9.17, 15) is 4.79 Å². The lowest BCUT2D eigenvalue weighted by Crippen LogP contribution is -2.25. The molecular formula is C35H37N5O4. The summed E-state index contributed by atoms with van der Waals surface area (Å²) in [5.74, 6) is 0.915. The fourth-order valence-electron chi connectivity index (χ4n) is 5.59. The second-order valence-corrected chi connectivity index (χ2v) is 10.7. The Balaban J connectivity index is 1.47. The van der Waals surface area contributed by atoms with Crippen LogP contribution in [0.1, 0.15) is 33.5 Å². The summed E-state index contributed by atoms with van der Waals surface area (Å²) in [5.41, 5.74) is 11.8. The molecule has 0 saturated carbocycles. The van der Waals surface area contributed by atoms with Gasteiger partial charge in [0, 0.05) is 37.3 Å². The zero-order chi connectivity index (χ0) is 30.3. The second kappa shape index (κ2) is 13.7. The van der Waals surface area contributed by atoms with Crippen molar-refractivity contribution in [1.29, 1.82) is 0 Å². The fraction of sp³-hybridized carbons (Fsp3) is 0.257. The van der Waals surface area contributed by atoms with Crippen LogP contribution in [0.5, 0.6) is 11.5 Å². The molecule has 5 aromatic rings. The molecule has 226 valence electrons. The van der Waals surface area contributed by atoms with Gasteiger partial charge in [0.25, 0.3) is 0 Å². The Hall–Kier alpha value is -4.70. The molecule has 0 unspecified atom stereocenters. The van der Waals surface area contributed by atoms with Crippen LogP contribution >= 0.6 is 0 Å². The van der Waals surface area contributed by atoms with E-state index in [1.54, 1.807) is 0 Å². The minimum absolute atomic E-state index is 0.0677. The number of hydrogen-bond donors (Lipinski definition) is 4. The van der Waals surface area contributed by atoms with Crippen molar-refractivity contribution in [2.45, 2.75) is 26.2 Å². The first kappa shape index (κ1) is 29.4. The molecule has 4 aromatic carbocycles. The van der Waals surface area contributed by atoms with E-state index in [1.807, 2.05) is 89.6 Å². The number of anilines is 1. The summed E-state index contributed by atoms with van der Waals surface area (Å²) in [6, 6.07) is 27.5. The number of ether oxygens (including phenoxy) is 2. The van der Waals surface area contributed by atoms with Crippen LogP contribution in [-0.4, -0.2) is 53.5 Å². The monoisotopic (exact) mass is 591 g/mol. The number of aliphatic hydroxyl groups excluding tert-OH is 1. The lowest BCUT2D eigenvalue weighted by Gasteiger charge is -2.23. The number of nitrogens with one attached hydrogen (secondary N) is 2. The summed E-state index contributed by atoms with van der Waals surface area (Å²) in [5, 5.41) is 21.6. The second-order valence-electron chi connectivity index (χ2n) is 10.7. The largest absolute Gasteiger partial charge is 0.488 e. The van der Waals surface area contributed by atoms with Crippen LogP contribution < -0.4 is 25.8 Å². The molecule has 0 aliphatic heterocycles. The molecule has 1 aliphatic carbocycles. The van der Waals surface area contributed by atoms with E-state index in [-0.39, 0.29) is 12.4 Å². The van der Waals surface area contributed by atoms with E-state index >= 15 is 0 Å². The smallest absolute Gasteiger partial charge is 0.200 e. The maximum atomic E-state index is 14.7. The molecule has 0 amide bonds. The average molecular weight is 592 g/mol. The minimum atomic E-state index is -0.143. The summed E-state index contributed by atoms with van der Waals surface area (Å²) in [6.07, 6.45) is 0.750. The third-order valence-corrected chi connectivity index (χ3v) is 7.69. The van der Waals surface area contributed by atoms with Gasteiger partial charge in [-0.25, -0.2) is 0 Å². The Labute approximate surface area is 256 Å². The van der Waals surface area contributed by atoms with E-state index in [0.717, 1.165) is 34.1 Å². The summed E-state index contributed by atoms with van der Waals surface area (Å²) >= 11 is 0. The number of carbonyl (C=O) groups excluding carboxylic acids is 1. The highest BCUT2D eigenvalue weighted by Crippen LogP contribution is 2.49. The highest BCUT2D eigenvalue weighted by atomic mass is 16.5. The number of nitrogens with zero attached hydrogens (tertiary/aromatic N) is 2. The van der Waals surface area contributed by atoms with Gasteiger partial charge in [-0.3, -0.25) is 9.48 Å². The molecule has 9 heteroatoms. The first-order chi connectivity index (χ1) is 21.7. The number of aryl methyl sites for hydroxylation is 1. The highest BCUT2D eigenvalue weighted by Gasteiger charge is 2.36. The Morgan fingerprint density at radius 2 is 1.43 bits per heavy atom. The van der Waals surface area contributed by atoms with Crippen molar-refractivity contribution in [2.75, 3.05) is 38.1 Å². The lowest BCUT2D eigenvalue weighted by atomic mass is 9.85. The molecule has 6 rings (SSSR count). The van der Waals surface area contributed by atoms with Gasteiger partial charge >= 0.3 is 0 Å². The van der Waals surface area contributed by atoms with Crippen molar-refractivity contribution in [3.05, 3.63) is 107 Å². The Morgan fingerprint density at radius 3 is 2.07 bits per heavy atom. The average Bonchev–Trinajstić information content (AvgIpc) is 3.43. The number of aromatic nitrogens is 2. The number of rotatable bonds is 15. The maximum Gasteiger partial charge on any atom is 0.200 e. The van der Waals surface area contributed by atoms with E-state index < -0.39 is 0 Å². The van der Waals surface area contributed by atoms with Gasteiger partial charge in [0.05, 0.1) is 28.8 Å². The lowest BCUT2D eigenvalue weighted by molar-refractivity contribution is 0.103. The van der Waals surface area contributed by atoms with Crippen molar-refractivity contribution >= 4 is 22.4 Å². The molecule has 0 radical (unpaired) electrons. The van der Waals surface area contributed by atoms with Crippen molar-refractivity contribution in [2.24, 2.45) is 5.73 Å². The van der Waals surface area contributed by atoms with Gasteiger partial charge in [0.15, 0.2) is 5.78 Å². The summed E-state index contributed by atoms with van der Waals surface area (Å²) in [7, 11) is 0. The molecule has 1 aliphatic rings. The molecule has 0 bridgehead atoms. The van der Waals surface area contributed by atoms with Gasteiger partial charge < -0.3 is 30.9 Å². The van der Waals surface area contributed by atoms with Crippen LogP contribution in [0, 0.1) is 0 Å². The maximum absolute atomic E-state index is 14.7. The zero-order valence-corrected chi connectivity index (χ0v) is 24.6. The molecule has 44 heavy (non-hydrogen) atoms. The fourth-order valence-corrected chi connectivity index (χ4v) is 5.59. The standard InChI is InChI=1S/C35H37N5O4/c36-16-7-20-40-27-13-12-26(38-18-17-37-19-21-41)30-31(27)34(39-40)32-28(43-22-24-8-3-1-4-9-24)14-15-29(33(32)35(30)42)44-23-25-10-5-2-6-11-25/h1-6,8-15,37-38,41H,7,16-23,36H2. The number of fused-ring (bicyclic) bond motifs is 2. The number of ketones is 1. The third kappa shape index (κ3) is 6.03. The van der Waals surface area contributed by atoms with E-state index in [4.69, 9.17) is 25.4 Å². The van der Waals surface area contributed by atoms with Crippen LogP contribution in [-0.2, 0) is 19.8 Å². The van der Waals surface area contributed by atoms with Gasteiger partial charge in [-0.1, -0.05) is 60.7 Å². The summed E-state index contributed by atoms with van der Waals surface area (Å²) in [6.45, 7) is 3.60. The predicted molar refractivity (Wildman–Crippen MR) is 172 cm³/mol. The summed E-state index contributed by atoms with van der Waals surface area (Å²) < 4.78 is 14.7. The van der Waals surface area contributed by atoms with Gasteiger partial charge in [-0.15, -0.1) is 0 Å². The zero-order valence-electron chi connectivity index (χ0n) is 24.6. The molecule has 0 fully saturated rings. The molecule has 9 nitrogen and oxygen atoms in total. The van der Waals surface area contributed by atoms with Crippen LogP contribution in [0.2, 0.25) is 0 Å². The minimum Gasteiger partial charge on any atom is -0.488 e. The molecule has 1 heterocycles. The molecule has 0 saturated heterocycles. The normalized spacial score (nSPS) is 11.9. The van der Waals surface area contributed by atoms with E-state index in [0.29, 0.717) is 79.8 Å². The number of nitrogens with two attached hydrogens (primary N) is 1.